The van der Waals surface area contributed by atoms with E-state index in [-0.39, 0.29) is 5.91 Å². The van der Waals surface area contributed by atoms with Crippen molar-refractivity contribution < 1.29 is 9.53 Å². The number of methoxy groups -OCH3 is 1. The Bertz CT molecular complexity index is 990. The van der Waals surface area contributed by atoms with Gasteiger partial charge in [0.1, 0.15) is 11.6 Å². The second kappa shape index (κ2) is 8.02. The van der Waals surface area contributed by atoms with Crippen molar-refractivity contribution in [1.82, 2.24) is 4.98 Å². The van der Waals surface area contributed by atoms with Gasteiger partial charge < -0.3 is 15.4 Å². The van der Waals surface area contributed by atoms with E-state index >= 15 is 0 Å². The fraction of sp³-hybridized carbons (Fsp3) is 0.0952. The van der Waals surface area contributed by atoms with Crippen LogP contribution in [0, 0.1) is 18.3 Å². The van der Waals surface area contributed by atoms with Gasteiger partial charge in [0.2, 0.25) is 0 Å². The van der Waals surface area contributed by atoms with Gasteiger partial charge in [0.15, 0.2) is 0 Å². The minimum Gasteiger partial charge on any atom is -0.495 e. The zero-order chi connectivity index (χ0) is 19.2. The van der Waals surface area contributed by atoms with E-state index in [0.29, 0.717) is 28.4 Å². The van der Waals surface area contributed by atoms with Gasteiger partial charge in [-0.15, -0.1) is 0 Å². The summed E-state index contributed by atoms with van der Waals surface area (Å²) in [5.41, 5.74) is 3.49. The third kappa shape index (κ3) is 4.41. The number of hydrogen-bond acceptors (Lipinski definition) is 5. The van der Waals surface area contributed by atoms with Gasteiger partial charge in [-0.1, -0.05) is 6.07 Å². The minimum absolute atomic E-state index is 0.271. The molecule has 0 saturated carbocycles. The molecule has 0 atom stereocenters. The van der Waals surface area contributed by atoms with Crippen molar-refractivity contribution in [1.29, 1.82) is 5.26 Å². The molecule has 1 heterocycles. The van der Waals surface area contributed by atoms with Gasteiger partial charge in [0, 0.05) is 11.9 Å². The first-order valence-corrected chi connectivity index (χ1v) is 8.28. The van der Waals surface area contributed by atoms with Crippen LogP contribution in [0.4, 0.5) is 17.2 Å². The second-order valence-corrected chi connectivity index (χ2v) is 5.90. The molecule has 2 aromatic carbocycles. The summed E-state index contributed by atoms with van der Waals surface area (Å²) in [4.78, 5) is 16.6. The lowest BCUT2D eigenvalue weighted by atomic mass is 10.2. The number of anilines is 3. The Morgan fingerprint density at radius 2 is 1.89 bits per heavy atom. The van der Waals surface area contributed by atoms with Crippen LogP contribution in [-0.4, -0.2) is 18.0 Å². The lowest BCUT2D eigenvalue weighted by Crippen LogP contribution is -2.12. The van der Waals surface area contributed by atoms with Gasteiger partial charge in [-0.25, -0.2) is 4.98 Å². The molecular weight excluding hydrogens is 340 g/mol. The van der Waals surface area contributed by atoms with Crippen LogP contribution in [0.1, 0.15) is 21.5 Å². The topological polar surface area (TPSA) is 87.0 Å². The summed E-state index contributed by atoms with van der Waals surface area (Å²) in [6.07, 6.45) is 1.50. The van der Waals surface area contributed by atoms with E-state index in [4.69, 9.17) is 10.00 Å². The predicted molar refractivity (Wildman–Crippen MR) is 104 cm³/mol. The van der Waals surface area contributed by atoms with Crippen LogP contribution in [0.5, 0.6) is 5.75 Å². The highest BCUT2D eigenvalue weighted by Gasteiger charge is 2.08. The van der Waals surface area contributed by atoms with E-state index in [2.05, 4.69) is 15.6 Å². The number of nitriles is 1. The van der Waals surface area contributed by atoms with Crippen molar-refractivity contribution in [3.8, 4) is 11.8 Å². The van der Waals surface area contributed by atoms with Crippen molar-refractivity contribution in [2.45, 2.75) is 6.92 Å². The van der Waals surface area contributed by atoms with Gasteiger partial charge in [-0.2, -0.15) is 5.26 Å². The fourth-order valence-electron chi connectivity index (χ4n) is 2.49. The molecule has 134 valence electrons. The Morgan fingerprint density at radius 1 is 1.11 bits per heavy atom. The van der Waals surface area contributed by atoms with Crippen molar-refractivity contribution >= 4 is 23.1 Å². The molecule has 27 heavy (non-hydrogen) atoms. The number of rotatable bonds is 5. The molecule has 0 spiro atoms. The molecule has 0 radical (unpaired) electrons. The molecule has 0 aliphatic rings. The Hall–Kier alpha value is -3.85. The number of amides is 1. The van der Waals surface area contributed by atoms with Crippen molar-refractivity contribution in [3.63, 3.8) is 0 Å². The maximum absolute atomic E-state index is 12.3. The van der Waals surface area contributed by atoms with Gasteiger partial charge in [0.05, 0.1) is 30.0 Å². The quantitative estimate of drug-likeness (QED) is 0.711. The normalized spacial score (nSPS) is 9.96. The number of benzene rings is 2. The maximum Gasteiger partial charge on any atom is 0.257 e. The average Bonchev–Trinajstić information content (AvgIpc) is 2.69. The number of pyridine rings is 1. The van der Waals surface area contributed by atoms with Crippen molar-refractivity contribution in [2.24, 2.45) is 0 Å². The van der Waals surface area contributed by atoms with E-state index in [1.807, 2.05) is 31.2 Å². The van der Waals surface area contributed by atoms with Gasteiger partial charge >= 0.3 is 0 Å². The van der Waals surface area contributed by atoms with Crippen LogP contribution in [0.2, 0.25) is 0 Å². The molecule has 6 nitrogen and oxygen atoms in total. The highest BCUT2D eigenvalue weighted by molar-refractivity contribution is 6.04. The first-order valence-electron chi connectivity index (χ1n) is 8.28. The highest BCUT2D eigenvalue weighted by Crippen LogP contribution is 2.27. The summed E-state index contributed by atoms with van der Waals surface area (Å²) >= 11 is 0. The standard InChI is InChI=1S/C21H18N4O2/c1-14-3-9-19(27-2)18(11-14)25-20-10-6-16(13-23-20)21(26)24-17-7-4-15(12-22)5-8-17/h3-11,13H,1-2H3,(H,23,25)(H,24,26). The van der Waals surface area contributed by atoms with Crippen LogP contribution in [0.25, 0.3) is 0 Å². The number of aryl methyl sites for hydroxylation is 1. The third-order valence-corrected chi connectivity index (χ3v) is 3.92. The molecule has 2 N–H and O–H groups in total. The molecule has 0 aliphatic carbocycles. The third-order valence-electron chi connectivity index (χ3n) is 3.92. The largest absolute Gasteiger partial charge is 0.495 e. The fourth-order valence-corrected chi connectivity index (χ4v) is 2.49. The number of ether oxygens (including phenoxy) is 1. The minimum atomic E-state index is -0.271. The van der Waals surface area contributed by atoms with E-state index < -0.39 is 0 Å². The highest BCUT2D eigenvalue weighted by atomic mass is 16.5. The van der Waals surface area contributed by atoms with Crippen molar-refractivity contribution in [2.75, 3.05) is 17.7 Å². The maximum atomic E-state index is 12.3. The molecule has 0 aliphatic heterocycles. The van der Waals surface area contributed by atoms with E-state index in [1.165, 1.54) is 6.20 Å². The molecule has 3 rings (SSSR count). The van der Waals surface area contributed by atoms with E-state index in [9.17, 15) is 4.79 Å². The van der Waals surface area contributed by atoms with Crippen LogP contribution in [-0.2, 0) is 0 Å². The Balaban J connectivity index is 1.70. The average molecular weight is 358 g/mol. The first-order chi connectivity index (χ1) is 13.1. The summed E-state index contributed by atoms with van der Waals surface area (Å²) in [5, 5.41) is 14.8. The van der Waals surface area contributed by atoms with Crippen LogP contribution < -0.4 is 15.4 Å². The molecular formula is C21H18N4O2. The number of hydrogen-bond donors (Lipinski definition) is 2. The van der Waals surface area contributed by atoms with Gasteiger partial charge in [-0.05, 0) is 61.0 Å². The smallest absolute Gasteiger partial charge is 0.257 e. The Labute approximate surface area is 157 Å². The summed E-state index contributed by atoms with van der Waals surface area (Å²) in [6, 6.07) is 17.9. The summed E-state index contributed by atoms with van der Waals surface area (Å²) in [6.45, 7) is 1.99. The number of carbonyl (C=O) groups is 1. The monoisotopic (exact) mass is 358 g/mol. The molecule has 0 unspecified atom stereocenters. The van der Waals surface area contributed by atoms with Crippen molar-refractivity contribution in [3.05, 3.63) is 77.5 Å². The molecule has 1 amide bonds. The molecule has 1 aromatic heterocycles. The lowest BCUT2D eigenvalue weighted by molar-refractivity contribution is 0.102. The Morgan fingerprint density at radius 3 is 2.52 bits per heavy atom. The van der Waals surface area contributed by atoms with Crippen LogP contribution in [0.15, 0.2) is 60.8 Å². The van der Waals surface area contributed by atoms with Crippen LogP contribution >= 0.6 is 0 Å². The predicted octanol–water partition coefficient (Wildman–Crippen LogP) is 4.27. The number of aromatic nitrogens is 1. The summed E-state index contributed by atoms with van der Waals surface area (Å²) in [7, 11) is 1.61. The lowest BCUT2D eigenvalue weighted by Gasteiger charge is -2.12. The van der Waals surface area contributed by atoms with Crippen LogP contribution in [0.3, 0.4) is 0 Å². The molecule has 0 fully saturated rings. The number of carbonyl (C=O) groups excluding carboxylic acids is 1. The zero-order valence-corrected chi connectivity index (χ0v) is 15.0. The van der Waals surface area contributed by atoms with E-state index in [0.717, 1.165) is 11.3 Å². The van der Waals surface area contributed by atoms with E-state index in [1.54, 1.807) is 43.5 Å². The number of nitrogens with one attached hydrogen (secondary N) is 2. The molecule has 0 bridgehead atoms. The summed E-state index contributed by atoms with van der Waals surface area (Å²) < 4.78 is 5.34. The first kappa shape index (κ1) is 18.0. The SMILES string of the molecule is COc1ccc(C)cc1Nc1ccc(C(=O)Nc2ccc(C#N)cc2)cn1. The van der Waals surface area contributed by atoms with Gasteiger partial charge in [-0.3, -0.25) is 4.79 Å². The Kier molecular flexibility index (Phi) is 5.33. The summed E-state index contributed by atoms with van der Waals surface area (Å²) in [5.74, 6) is 1.05. The zero-order valence-electron chi connectivity index (χ0n) is 15.0. The molecule has 0 saturated heterocycles. The number of nitrogens with zero attached hydrogens (tertiary/aromatic N) is 2. The van der Waals surface area contributed by atoms with Gasteiger partial charge in [0.25, 0.3) is 5.91 Å². The molecule has 3 aromatic rings. The molecule has 6 heteroatoms. The second-order valence-electron chi connectivity index (χ2n) is 5.90.